The van der Waals surface area contributed by atoms with Crippen molar-refractivity contribution < 1.29 is 34.5 Å². The summed E-state index contributed by atoms with van der Waals surface area (Å²) in [6, 6.07) is 8.42. The molecule has 0 unspecified atom stereocenters. The Kier molecular flexibility index (Phi) is 7.16. The zero-order chi connectivity index (χ0) is 17.0. The summed E-state index contributed by atoms with van der Waals surface area (Å²) in [6.45, 7) is 3.56. The number of fused-ring (bicyclic) bond motifs is 1. The number of hydrogen-bond acceptors (Lipinski definition) is 4. The Hall–Kier alpha value is -2.15. The van der Waals surface area contributed by atoms with Gasteiger partial charge < -0.3 is 15.3 Å². The third-order valence-electron chi connectivity index (χ3n) is 3.19. The van der Waals surface area contributed by atoms with E-state index in [9.17, 15) is 14.5 Å². The first-order valence-electron chi connectivity index (χ1n) is 7.07. The summed E-state index contributed by atoms with van der Waals surface area (Å²) in [5.41, 5.74) is 1.55. The van der Waals surface area contributed by atoms with Gasteiger partial charge in [-0.2, -0.15) is 0 Å². The molecule has 0 saturated carbocycles. The van der Waals surface area contributed by atoms with Gasteiger partial charge in [0.25, 0.3) is 5.69 Å². The van der Waals surface area contributed by atoms with Gasteiger partial charge in [-0.05, 0) is 29.1 Å². The molecule has 3 aromatic rings. The maximum absolute atomic E-state index is 13.4. The molecule has 8 heteroatoms. The van der Waals surface area contributed by atoms with Crippen LogP contribution in [0.5, 0.6) is 0 Å². The van der Waals surface area contributed by atoms with Crippen molar-refractivity contribution in [3.63, 3.8) is 0 Å². The van der Waals surface area contributed by atoms with Gasteiger partial charge >= 0.3 is 0 Å². The second-order valence-corrected chi connectivity index (χ2v) is 4.47. The van der Waals surface area contributed by atoms with E-state index >= 15 is 0 Å². The van der Waals surface area contributed by atoms with Crippen molar-refractivity contribution >= 4 is 16.6 Å². The van der Waals surface area contributed by atoms with Crippen molar-refractivity contribution in [2.24, 2.45) is 0 Å². The number of non-ortho nitro benzene ring substituents is 1. The molecular weight excluding hydrogens is 493 g/mol. The van der Waals surface area contributed by atoms with E-state index in [0.717, 1.165) is 0 Å². The molecule has 0 atom stereocenters. The summed E-state index contributed by atoms with van der Waals surface area (Å²) in [5.74, 6) is -0.518. The van der Waals surface area contributed by atoms with Gasteiger partial charge in [0.05, 0.1) is 17.2 Å². The summed E-state index contributed by atoms with van der Waals surface area (Å²) >= 11 is 0. The van der Waals surface area contributed by atoms with Gasteiger partial charge in [0, 0.05) is 37.8 Å². The van der Waals surface area contributed by atoms with Gasteiger partial charge in [-0.15, -0.1) is 5.52 Å². The normalized spacial score (nSPS) is 9.83. The molecule has 2 aromatic carbocycles. The number of nitrogens with zero attached hydrogens (tertiary/aromatic N) is 3. The number of nitro benzene ring substituents is 1. The van der Waals surface area contributed by atoms with Gasteiger partial charge in [-0.3, -0.25) is 10.1 Å². The van der Waals surface area contributed by atoms with Gasteiger partial charge in [-0.1, -0.05) is 19.9 Å². The van der Waals surface area contributed by atoms with Crippen molar-refractivity contribution in [1.29, 1.82) is 0 Å². The minimum atomic E-state index is -0.518. The zero-order valence-electron chi connectivity index (χ0n) is 13.0. The van der Waals surface area contributed by atoms with E-state index < -0.39 is 17.3 Å². The Balaban J connectivity index is 0.000000925. The van der Waals surface area contributed by atoms with Crippen LogP contribution in [-0.2, 0) is 26.7 Å². The van der Waals surface area contributed by atoms with Crippen molar-refractivity contribution in [2.45, 2.75) is 20.5 Å². The second kappa shape index (κ2) is 8.63. The van der Waals surface area contributed by atoms with E-state index in [1.165, 1.54) is 36.4 Å². The molecular formula is C16H15FIrN3O3-. The Morgan fingerprint density at radius 1 is 1.25 bits per heavy atom. The molecule has 0 saturated heterocycles. The number of hydrogen-bond donors (Lipinski definition) is 1. The monoisotopic (exact) mass is 509 g/mol. The predicted molar refractivity (Wildman–Crippen MR) is 84.4 cm³/mol. The quantitative estimate of drug-likeness (QED) is 0.433. The first-order valence-corrected chi connectivity index (χ1v) is 7.07. The second-order valence-electron chi connectivity index (χ2n) is 4.47. The van der Waals surface area contributed by atoms with Gasteiger partial charge in [-0.25, -0.2) is 4.39 Å². The number of nitro groups is 1. The van der Waals surface area contributed by atoms with Crippen LogP contribution in [0.1, 0.15) is 19.4 Å². The van der Waals surface area contributed by atoms with Crippen molar-refractivity contribution in [1.82, 2.24) is 10.2 Å². The molecule has 1 radical (unpaired) electrons. The molecule has 1 aromatic heterocycles. The minimum absolute atomic E-state index is 0. The molecule has 6 nitrogen and oxygen atoms in total. The van der Waals surface area contributed by atoms with Gasteiger partial charge in [0.1, 0.15) is 5.82 Å². The van der Waals surface area contributed by atoms with E-state index in [1.54, 1.807) is 0 Å². The molecule has 0 aliphatic rings. The Morgan fingerprint density at radius 3 is 2.58 bits per heavy atom. The molecule has 1 heterocycles. The molecule has 129 valence electrons. The summed E-state index contributed by atoms with van der Waals surface area (Å²) in [6.07, 6.45) is 0. The number of aromatic nitrogens is 2. The molecule has 0 aliphatic heterocycles. The van der Waals surface area contributed by atoms with Crippen LogP contribution in [-0.4, -0.2) is 15.1 Å². The third kappa shape index (κ3) is 3.84. The third-order valence-corrected chi connectivity index (χ3v) is 3.19. The van der Waals surface area contributed by atoms with Gasteiger partial charge in [0.2, 0.25) is 0 Å². The average Bonchev–Trinajstić information content (AvgIpc) is 3.00. The molecule has 3 rings (SSSR count). The minimum Gasteiger partial charge on any atom is -0.574 e. The number of aliphatic hydroxyl groups excluding tert-OH is 1. The van der Waals surface area contributed by atoms with Crippen LogP contribution in [0.25, 0.3) is 22.2 Å². The Morgan fingerprint density at radius 2 is 1.96 bits per heavy atom. The first kappa shape index (κ1) is 19.9. The maximum Gasteiger partial charge on any atom is 0.270 e. The standard InChI is InChI=1S/C14H9FN3O3.C2H6.Ir/c15-12-3-1-8(5-9(12)7-19)14-11-6-10(18(20)21)2-4-13(11)16-17-14;1-2;/h1-6,19H,7H2;1-2H3;/q-1;;. The number of aliphatic hydroxyl groups is 1. The van der Waals surface area contributed by atoms with Crippen LogP contribution in [0.3, 0.4) is 0 Å². The van der Waals surface area contributed by atoms with Crippen molar-refractivity contribution in [2.75, 3.05) is 0 Å². The molecule has 0 spiro atoms. The molecule has 24 heavy (non-hydrogen) atoms. The summed E-state index contributed by atoms with van der Waals surface area (Å²) in [5, 5.41) is 28.4. The predicted octanol–water partition coefficient (Wildman–Crippen LogP) is 3.42. The smallest absolute Gasteiger partial charge is 0.270 e. The van der Waals surface area contributed by atoms with E-state index in [2.05, 4.69) is 10.2 Å². The van der Waals surface area contributed by atoms with Crippen LogP contribution in [0.15, 0.2) is 36.4 Å². The van der Waals surface area contributed by atoms with Crippen molar-refractivity contribution in [3.05, 3.63) is 57.9 Å². The SMILES string of the molecule is CC.O=[N+]([O-])c1ccc2[n-]nc(-c3ccc(F)c(CO)c3)c2c1.[Ir]. The number of benzene rings is 2. The van der Waals surface area contributed by atoms with E-state index in [0.29, 0.717) is 22.2 Å². The number of halogens is 1. The molecule has 0 aliphatic carbocycles. The molecule has 0 amide bonds. The average molecular weight is 509 g/mol. The maximum atomic E-state index is 13.4. The Bertz CT molecular complexity index is 852. The van der Waals surface area contributed by atoms with E-state index in [-0.39, 0.29) is 31.4 Å². The van der Waals surface area contributed by atoms with E-state index in [4.69, 9.17) is 5.11 Å². The van der Waals surface area contributed by atoms with Gasteiger partial charge in [0.15, 0.2) is 0 Å². The fourth-order valence-corrected chi connectivity index (χ4v) is 2.13. The molecule has 0 fully saturated rings. The molecule has 0 bridgehead atoms. The van der Waals surface area contributed by atoms with Crippen molar-refractivity contribution in [3.8, 4) is 11.3 Å². The van der Waals surface area contributed by atoms with Crippen LogP contribution in [0, 0.1) is 15.9 Å². The summed E-state index contributed by atoms with van der Waals surface area (Å²) < 4.78 is 13.4. The number of rotatable bonds is 3. The van der Waals surface area contributed by atoms with E-state index in [1.807, 2.05) is 13.8 Å². The fraction of sp³-hybridized carbons (Fsp3) is 0.188. The van der Waals surface area contributed by atoms with Crippen LogP contribution >= 0.6 is 0 Å². The fourth-order valence-electron chi connectivity index (χ4n) is 2.13. The van der Waals surface area contributed by atoms with Crippen LogP contribution in [0.4, 0.5) is 10.1 Å². The molecule has 1 N–H and O–H groups in total. The zero-order valence-corrected chi connectivity index (χ0v) is 15.4. The van der Waals surface area contributed by atoms with Crippen LogP contribution < -0.4 is 5.10 Å². The van der Waals surface area contributed by atoms with Crippen LogP contribution in [0.2, 0.25) is 0 Å². The summed E-state index contributed by atoms with van der Waals surface area (Å²) in [7, 11) is 0. The Labute approximate surface area is 151 Å². The first-order chi connectivity index (χ1) is 11.1. The largest absolute Gasteiger partial charge is 0.574 e. The summed E-state index contributed by atoms with van der Waals surface area (Å²) in [4.78, 5) is 10.3. The topological polar surface area (TPSA) is 90.4 Å².